The van der Waals surface area contributed by atoms with Crippen molar-refractivity contribution in [3.05, 3.63) is 82.9 Å². The third-order valence-electron chi connectivity index (χ3n) is 6.11. The SMILES string of the molecule is COC(=O)C1Cc2c(ccc(OC)c2OCc2ccccc2)CN1c1nc2ccc(C#N)cc2o1. The number of carbonyl (C=O) groups is 1. The van der Waals surface area contributed by atoms with Crippen LogP contribution in [0.1, 0.15) is 22.3 Å². The molecule has 8 heteroatoms. The molecule has 3 aromatic carbocycles. The first-order chi connectivity index (χ1) is 17.1. The van der Waals surface area contributed by atoms with Gasteiger partial charge in [0, 0.05) is 24.6 Å². The lowest BCUT2D eigenvalue weighted by Crippen LogP contribution is -2.46. The summed E-state index contributed by atoms with van der Waals surface area (Å²) in [4.78, 5) is 19.2. The van der Waals surface area contributed by atoms with Gasteiger partial charge < -0.3 is 23.5 Å². The Hall–Kier alpha value is -4.51. The zero-order chi connectivity index (χ0) is 24.4. The predicted octanol–water partition coefficient (Wildman–Crippen LogP) is 4.39. The monoisotopic (exact) mass is 469 g/mol. The van der Waals surface area contributed by atoms with Crippen LogP contribution in [0.3, 0.4) is 0 Å². The molecule has 1 aliphatic heterocycles. The largest absolute Gasteiger partial charge is 0.493 e. The fourth-order valence-corrected chi connectivity index (χ4v) is 4.32. The fraction of sp³-hybridized carbons (Fsp3) is 0.222. The van der Waals surface area contributed by atoms with Crippen molar-refractivity contribution in [2.45, 2.75) is 25.6 Å². The van der Waals surface area contributed by atoms with Gasteiger partial charge in [-0.05, 0) is 29.3 Å². The number of oxazole rings is 1. The van der Waals surface area contributed by atoms with Gasteiger partial charge in [-0.15, -0.1) is 0 Å². The van der Waals surface area contributed by atoms with E-state index in [-0.39, 0.29) is 0 Å². The van der Waals surface area contributed by atoms with E-state index in [9.17, 15) is 10.1 Å². The molecule has 1 aromatic heterocycles. The molecule has 35 heavy (non-hydrogen) atoms. The summed E-state index contributed by atoms with van der Waals surface area (Å²) in [6, 6.07) is 20.4. The molecule has 0 N–H and O–H groups in total. The zero-order valence-corrected chi connectivity index (χ0v) is 19.4. The lowest BCUT2D eigenvalue weighted by Gasteiger charge is -2.35. The second-order valence-corrected chi connectivity index (χ2v) is 8.17. The molecular weight excluding hydrogens is 446 g/mol. The van der Waals surface area contributed by atoms with Crippen LogP contribution in [-0.2, 0) is 29.1 Å². The smallest absolute Gasteiger partial charge is 0.329 e. The van der Waals surface area contributed by atoms with Crippen molar-refractivity contribution >= 4 is 23.1 Å². The first-order valence-electron chi connectivity index (χ1n) is 11.1. The summed E-state index contributed by atoms with van der Waals surface area (Å²) in [6.45, 7) is 0.728. The topological polar surface area (TPSA) is 97.8 Å². The van der Waals surface area contributed by atoms with Crippen LogP contribution >= 0.6 is 0 Å². The van der Waals surface area contributed by atoms with Crippen LogP contribution in [0, 0.1) is 11.3 Å². The summed E-state index contributed by atoms with van der Waals surface area (Å²) in [5.41, 5.74) is 4.44. The Kier molecular flexibility index (Phi) is 5.98. The molecule has 0 amide bonds. The number of carbonyl (C=O) groups excluding carboxylic acids is 1. The van der Waals surface area contributed by atoms with Gasteiger partial charge in [-0.1, -0.05) is 36.4 Å². The number of nitriles is 1. The molecule has 1 aliphatic rings. The quantitative estimate of drug-likeness (QED) is 0.384. The van der Waals surface area contributed by atoms with E-state index < -0.39 is 12.0 Å². The van der Waals surface area contributed by atoms with E-state index in [0.29, 0.717) is 53.7 Å². The highest BCUT2D eigenvalue weighted by atomic mass is 16.5. The first kappa shape index (κ1) is 22.3. The van der Waals surface area contributed by atoms with Crippen molar-refractivity contribution in [2.24, 2.45) is 0 Å². The molecule has 4 aromatic rings. The van der Waals surface area contributed by atoms with E-state index in [1.807, 2.05) is 42.5 Å². The van der Waals surface area contributed by atoms with E-state index in [1.54, 1.807) is 30.2 Å². The van der Waals surface area contributed by atoms with Gasteiger partial charge in [0.15, 0.2) is 17.1 Å². The summed E-state index contributed by atoms with van der Waals surface area (Å²) in [5, 5.41) is 9.19. The number of fused-ring (bicyclic) bond motifs is 2. The number of anilines is 1. The summed E-state index contributed by atoms with van der Waals surface area (Å²) in [7, 11) is 2.96. The normalized spacial score (nSPS) is 14.8. The maximum Gasteiger partial charge on any atom is 0.329 e. The minimum Gasteiger partial charge on any atom is -0.493 e. The molecule has 0 spiro atoms. The predicted molar refractivity (Wildman–Crippen MR) is 128 cm³/mol. The van der Waals surface area contributed by atoms with Crippen molar-refractivity contribution < 1.29 is 23.4 Å². The summed E-state index contributed by atoms with van der Waals surface area (Å²) >= 11 is 0. The molecule has 2 heterocycles. The molecular formula is C27H23N3O5. The minimum atomic E-state index is -0.679. The number of hydrogen-bond acceptors (Lipinski definition) is 8. The number of esters is 1. The summed E-state index contributed by atoms with van der Waals surface area (Å²) in [5.74, 6) is 0.800. The lowest BCUT2D eigenvalue weighted by atomic mass is 9.92. The highest BCUT2D eigenvalue weighted by molar-refractivity contribution is 5.82. The van der Waals surface area contributed by atoms with Crippen LogP contribution in [0.15, 0.2) is 65.1 Å². The molecule has 0 saturated heterocycles. The van der Waals surface area contributed by atoms with Gasteiger partial charge in [-0.2, -0.15) is 10.2 Å². The molecule has 176 valence electrons. The average Bonchev–Trinajstić information content (AvgIpc) is 3.34. The van der Waals surface area contributed by atoms with Crippen molar-refractivity contribution in [3.63, 3.8) is 0 Å². The second-order valence-electron chi connectivity index (χ2n) is 8.17. The molecule has 0 aliphatic carbocycles. The number of benzene rings is 3. The van der Waals surface area contributed by atoms with Crippen LogP contribution in [0.2, 0.25) is 0 Å². The van der Waals surface area contributed by atoms with Gasteiger partial charge in [-0.3, -0.25) is 0 Å². The highest BCUT2D eigenvalue weighted by Crippen LogP contribution is 2.40. The Bertz CT molecular complexity index is 1420. The Balaban J connectivity index is 1.53. The van der Waals surface area contributed by atoms with Crippen molar-refractivity contribution in [3.8, 4) is 17.6 Å². The van der Waals surface area contributed by atoms with E-state index in [0.717, 1.165) is 16.7 Å². The summed E-state index contributed by atoms with van der Waals surface area (Å²) < 4.78 is 22.9. The van der Waals surface area contributed by atoms with Crippen molar-refractivity contribution in [2.75, 3.05) is 19.1 Å². The maximum absolute atomic E-state index is 12.9. The van der Waals surface area contributed by atoms with Gasteiger partial charge >= 0.3 is 5.97 Å². The third-order valence-corrected chi connectivity index (χ3v) is 6.11. The zero-order valence-electron chi connectivity index (χ0n) is 19.4. The molecule has 1 unspecified atom stereocenters. The van der Waals surface area contributed by atoms with E-state index >= 15 is 0 Å². The van der Waals surface area contributed by atoms with Crippen LogP contribution in [0.4, 0.5) is 6.01 Å². The van der Waals surface area contributed by atoms with Crippen molar-refractivity contribution in [1.82, 2.24) is 4.98 Å². The third kappa shape index (κ3) is 4.24. The Morgan fingerprint density at radius 3 is 2.74 bits per heavy atom. The Morgan fingerprint density at radius 1 is 1.17 bits per heavy atom. The molecule has 0 fully saturated rings. The minimum absolute atomic E-state index is 0.290. The lowest BCUT2D eigenvalue weighted by molar-refractivity contribution is -0.142. The Labute approximate surface area is 202 Å². The number of ether oxygens (including phenoxy) is 3. The van der Waals surface area contributed by atoms with Crippen LogP contribution in [0.5, 0.6) is 11.5 Å². The van der Waals surface area contributed by atoms with Gasteiger partial charge in [0.1, 0.15) is 18.2 Å². The molecule has 8 nitrogen and oxygen atoms in total. The van der Waals surface area contributed by atoms with Crippen LogP contribution < -0.4 is 14.4 Å². The number of aromatic nitrogens is 1. The number of methoxy groups -OCH3 is 2. The van der Waals surface area contributed by atoms with Crippen LogP contribution in [-0.4, -0.2) is 31.2 Å². The second kappa shape index (κ2) is 9.39. The average molecular weight is 469 g/mol. The molecule has 0 bridgehead atoms. The first-order valence-corrected chi connectivity index (χ1v) is 11.1. The fourth-order valence-electron chi connectivity index (χ4n) is 4.32. The highest BCUT2D eigenvalue weighted by Gasteiger charge is 2.37. The van der Waals surface area contributed by atoms with Gasteiger partial charge in [0.25, 0.3) is 6.01 Å². The number of nitrogens with zero attached hydrogens (tertiary/aromatic N) is 3. The van der Waals surface area contributed by atoms with Gasteiger partial charge in [0.2, 0.25) is 0 Å². The van der Waals surface area contributed by atoms with Gasteiger partial charge in [-0.25, -0.2) is 4.79 Å². The molecule has 0 saturated carbocycles. The standard InChI is InChI=1S/C27H23N3O5/c1-32-23-11-9-19-15-30(27-29-21-10-8-18(14-28)12-24(21)35-27)22(26(31)33-2)13-20(19)25(23)34-16-17-6-4-3-5-7-17/h3-12,22H,13,15-16H2,1-2H3. The van der Waals surface area contributed by atoms with Gasteiger partial charge in [0.05, 0.1) is 25.9 Å². The molecule has 1 atom stereocenters. The summed E-state index contributed by atoms with van der Waals surface area (Å²) in [6.07, 6.45) is 0.325. The Morgan fingerprint density at radius 2 is 2.00 bits per heavy atom. The maximum atomic E-state index is 12.9. The number of hydrogen-bond donors (Lipinski definition) is 0. The van der Waals surface area contributed by atoms with Crippen molar-refractivity contribution in [1.29, 1.82) is 5.26 Å². The van der Waals surface area contributed by atoms with E-state index in [2.05, 4.69) is 11.1 Å². The molecule has 0 radical (unpaired) electrons. The molecule has 5 rings (SSSR count). The van der Waals surface area contributed by atoms with E-state index in [1.165, 1.54) is 7.11 Å². The van der Waals surface area contributed by atoms with Crippen LogP contribution in [0.25, 0.3) is 11.1 Å². The van der Waals surface area contributed by atoms with E-state index in [4.69, 9.17) is 18.6 Å². The number of rotatable bonds is 6.